The molecule has 0 radical (unpaired) electrons. The highest BCUT2D eigenvalue weighted by molar-refractivity contribution is 5.83. The van der Waals surface area contributed by atoms with Crippen molar-refractivity contribution in [2.24, 2.45) is 34.6 Å². The van der Waals surface area contributed by atoms with Gasteiger partial charge in [-0.2, -0.15) is 0 Å². The van der Waals surface area contributed by atoms with Gasteiger partial charge in [-0.3, -0.25) is 4.79 Å². The highest BCUT2D eigenvalue weighted by Crippen LogP contribution is 2.36. The summed E-state index contributed by atoms with van der Waals surface area (Å²) in [5.41, 5.74) is 29.1. The van der Waals surface area contributed by atoms with E-state index >= 15 is 0 Å². The van der Waals surface area contributed by atoms with Gasteiger partial charge in [0.15, 0.2) is 18.4 Å². The summed E-state index contributed by atoms with van der Waals surface area (Å²) in [4.78, 5) is 12.7. The molecule has 0 aromatic rings. The van der Waals surface area contributed by atoms with Gasteiger partial charge in [-0.25, -0.2) is 0 Å². The molecule has 0 amide bonds. The van der Waals surface area contributed by atoms with Crippen LogP contribution in [0, 0.1) is 5.92 Å². The lowest BCUT2D eigenvalue weighted by Crippen LogP contribution is -2.66. The van der Waals surface area contributed by atoms with Crippen LogP contribution >= 0.6 is 0 Å². The second-order valence-corrected chi connectivity index (χ2v) is 11.9. The van der Waals surface area contributed by atoms with Crippen LogP contribution in [0.1, 0.15) is 25.7 Å². The molecule has 0 bridgehead atoms. The lowest BCUT2D eigenvalue weighted by atomic mass is 9.76. The molecule has 1 unspecified atom stereocenters. The van der Waals surface area contributed by atoms with E-state index in [1.54, 1.807) is 0 Å². The minimum absolute atomic E-state index is 0.0305. The fourth-order valence-corrected chi connectivity index (χ4v) is 5.96. The van der Waals surface area contributed by atoms with Crippen LogP contribution in [-0.2, 0) is 23.7 Å². The molecule has 0 spiro atoms. The molecule has 3 rings (SSSR count). The number of ketones is 1. The van der Waals surface area contributed by atoms with E-state index in [4.69, 9.17) is 47.6 Å². The van der Waals surface area contributed by atoms with Crippen molar-refractivity contribution in [2.75, 3.05) is 32.8 Å². The number of nitrogens with two attached hydrogens (primary N) is 5. The molecular weight excluding hydrogens is 588 g/mol. The van der Waals surface area contributed by atoms with Gasteiger partial charge >= 0.3 is 0 Å². The molecule has 18 nitrogen and oxygen atoms in total. The van der Waals surface area contributed by atoms with Gasteiger partial charge in [0.05, 0.1) is 43.1 Å². The minimum Gasteiger partial charge on any atom is -0.394 e. The third-order valence-electron chi connectivity index (χ3n) is 8.62. The van der Waals surface area contributed by atoms with Crippen LogP contribution in [0.5, 0.6) is 0 Å². The zero-order valence-electron chi connectivity index (χ0n) is 24.7. The number of hydrogen-bond acceptors (Lipinski definition) is 18. The number of aliphatic hydroxyl groups is 7. The van der Waals surface area contributed by atoms with Gasteiger partial charge in [0, 0.05) is 32.1 Å². The smallest absolute Gasteiger partial charge is 0.186 e. The summed E-state index contributed by atoms with van der Waals surface area (Å²) in [6.45, 7) is -0.623. The van der Waals surface area contributed by atoms with Gasteiger partial charge < -0.3 is 88.7 Å². The van der Waals surface area contributed by atoms with Crippen molar-refractivity contribution in [1.29, 1.82) is 0 Å². The Labute approximate surface area is 255 Å². The molecule has 2 saturated heterocycles. The Bertz CT molecular complexity index is 881. The molecule has 1 aliphatic carbocycles. The summed E-state index contributed by atoms with van der Waals surface area (Å²) < 4.78 is 23.7. The van der Waals surface area contributed by atoms with Crippen LogP contribution in [0.4, 0.5) is 0 Å². The number of carbonyl (C=O) groups excluding carboxylic acids is 1. The summed E-state index contributed by atoms with van der Waals surface area (Å²) in [5, 5.41) is 76.0. The van der Waals surface area contributed by atoms with Crippen LogP contribution in [0.15, 0.2) is 0 Å². The standard InChI is InChI=1S/C26H52N6O12/c27-2-1-11(34)8-32-13-5-15(36)17(7-29)41-25(13)44-24-12(30)3-10(4-14(35)16(37)6-28)23(22(24)40)43-26-21(39)19(31)20(38)18(9-33)42-26/h10-13,15-26,32-34,36-40H,1-9,27-31H2/t10-,11?,12-,13+,15-,16-,17+,18+,19-,20+,21+,22+,23-,24+,25+,26+/m0/s1. The highest BCUT2D eigenvalue weighted by atomic mass is 16.7. The average molecular weight is 641 g/mol. The summed E-state index contributed by atoms with van der Waals surface area (Å²) in [7, 11) is 0. The van der Waals surface area contributed by atoms with Crippen molar-refractivity contribution in [3.05, 3.63) is 0 Å². The van der Waals surface area contributed by atoms with Crippen LogP contribution < -0.4 is 34.0 Å². The molecule has 0 aromatic heterocycles. The first-order valence-corrected chi connectivity index (χ1v) is 15.0. The number of Topliss-reactive ketones (excluding diaryl/α,β-unsaturated/α-hetero) is 1. The Morgan fingerprint density at radius 1 is 0.909 bits per heavy atom. The number of carbonyl (C=O) groups is 1. The molecule has 18 N–H and O–H groups in total. The van der Waals surface area contributed by atoms with E-state index in [1.807, 2.05) is 0 Å². The predicted octanol–water partition coefficient (Wildman–Crippen LogP) is -7.39. The number of ether oxygens (including phenoxy) is 4. The molecular formula is C26H52N6O12. The van der Waals surface area contributed by atoms with Crippen molar-refractivity contribution in [2.45, 2.75) is 117 Å². The van der Waals surface area contributed by atoms with Gasteiger partial charge in [-0.1, -0.05) is 0 Å². The lowest BCUT2D eigenvalue weighted by molar-refractivity contribution is -0.320. The maximum Gasteiger partial charge on any atom is 0.186 e. The van der Waals surface area contributed by atoms with E-state index in [-0.39, 0.29) is 45.4 Å². The SMILES string of the molecule is NCCC(O)CN[C@@H]1C[C@H](O)[C@@H](CN)O[C@@H]1O[C@H]1[C@H](O)[C@@H](O[C@H]2O[C@H](CO)[C@@H](O)[C@H](N)[C@H]2O)[C@H](CC(=O)[C@@H](O)CN)C[C@@H]1N. The van der Waals surface area contributed by atoms with Crippen molar-refractivity contribution < 1.29 is 59.5 Å². The predicted molar refractivity (Wildman–Crippen MR) is 152 cm³/mol. The molecule has 2 heterocycles. The maximum absolute atomic E-state index is 12.7. The largest absolute Gasteiger partial charge is 0.394 e. The summed E-state index contributed by atoms with van der Waals surface area (Å²) in [5.74, 6) is -1.43. The summed E-state index contributed by atoms with van der Waals surface area (Å²) in [6, 6.07) is -2.82. The number of aliphatic hydroxyl groups excluding tert-OH is 7. The number of hydrogen-bond donors (Lipinski definition) is 13. The zero-order valence-corrected chi connectivity index (χ0v) is 24.7. The fraction of sp³-hybridized carbons (Fsp3) is 0.962. The van der Waals surface area contributed by atoms with E-state index < -0.39 is 110 Å². The van der Waals surface area contributed by atoms with Gasteiger partial charge in [-0.15, -0.1) is 0 Å². The summed E-state index contributed by atoms with van der Waals surface area (Å²) >= 11 is 0. The Morgan fingerprint density at radius 3 is 2.18 bits per heavy atom. The van der Waals surface area contributed by atoms with Gasteiger partial charge in [0.1, 0.15) is 36.6 Å². The molecule has 3 aliphatic rings. The van der Waals surface area contributed by atoms with E-state index in [0.29, 0.717) is 6.42 Å². The third-order valence-corrected chi connectivity index (χ3v) is 8.62. The van der Waals surface area contributed by atoms with Crippen LogP contribution in [0.3, 0.4) is 0 Å². The Balaban J connectivity index is 1.85. The van der Waals surface area contributed by atoms with Gasteiger partial charge in [-0.05, 0) is 31.7 Å². The molecule has 1 saturated carbocycles. The van der Waals surface area contributed by atoms with Gasteiger partial charge in [0.2, 0.25) is 0 Å². The normalized spacial score (nSPS) is 43.0. The first-order chi connectivity index (χ1) is 20.9. The average Bonchev–Trinajstić information content (AvgIpc) is 3.00. The topological polar surface area (TPSA) is 338 Å². The van der Waals surface area contributed by atoms with Crippen LogP contribution in [0.25, 0.3) is 0 Å². The Kier molecular flexibility index (Phi) is 14.7. The Morgan fingerprint density at radius 2 is 1.57 bits per heavy atom. The van der Waals surface area contributed by atoms with E-state index in [1.165, 1.54) is 0 Å². The van der Waals surface area contributed by atoms with Crippen LogP contribution in [0.2, 0.25) is 0 Å². The lowest BCUT2D eigenvalue weighted by Gasteiger charge is -2.49. The van der Waals surface area contributed by atoms with E-state index in [2.05, 4.69) is 5.32 Å². The monoisotopic (exact) mass is 640 g/mol. The van der Waals surface area contributed by atoms with Gasteiger partial charge in [0.25, 0.3) is 0 Å². The van der Waals surface area contributed by atoms with Crippen molar-refractivity contribution in [3.8, 4) is 0 Å². The quantitative estimate of drug-likeness (QED) is 0.0790. The second-order valence-electron chi connectivity index (χ2n) is 11.9. The van der Waals surface area contributed by atoms with Crippen molar-refractivity contribution in [1.82, 2.24) is 5.32 Å². The summed E-state index contributed by atoms with van der Waals surface area (Å²) in [6.07, 6.45) is -14.6. The highest BCUT2D eigenvalue weighted by Gasteiger charge is 2.51. The Hall–Kier alpha value is -1.01. The molecule has 3 fully saturated rings. The zero-order chi connectivity index (χ0) is 32.7. The molecule has 16 atom stereocenters. The minimum atomic E-state index is -1.58. The second kappa shape index (κ2) is 17.2. The number of rotatable bonds is 15. The fourth-order valence-electron chi connectivity index (χ4n) is 5.96. The van der Waals surface area contributed by atoms with Crippen LogP contribution in [-0.4, -0.2) is 166 Å². The van der Waals surface area contributed by atoms with Crippen molar-refractivity contribution in [3.63, 3.8) is 0 Å². The molecule has 44 heavy (non-hydrogen) atoms. The maximum atomic E-state index is 12.7. The van der Waals surface area contributed by atoms with Crippen molar-refractivity contribution >= 4 is 5.78 Å². The van der Waals surface area contributed by atoms with E-state index in [9.17, 15) is 40.5 Å². The first kappa shape index (κ1) is 37.4. The third kappa shape index (κ3) is 9.07. The molecule has 18 heteroatoms. The molecule has 2 aliphatic heterocycles. The molecule has 258 valence electrons. The number of nitrogens with one attached hydrogen (secondary N) is 1. The van der Waals surface area contributed by atoms with E-state index in [0.717, 1.165) is 0 Å². The molecule has 0 aromatic carbocycles. The first-order valence-electron chi connectivity index (χ1n) is 15.0.